The summed E-state index contributed by atoms with van der Waals surface area (Å²) in [6.07, 6.45) is 0.642. The Kier molecular flexibility index (Phi) is 4.38. The van der Waals surface area contributed by atoms with Gasteiger partial charge in [0.2, 0.25) is 0 Å². The van der Waals surface area contributed by atoms with E-state index in [1.807, 2.05) is 24.3 Å². The van der Waals surface area contributed by atoms with Crippen molar-refractivity contribution in [2.24, 2.45) is 0 Å². The van der Waals surface area contributed by atoms with Crippen LogP contribution in [0.3, 0.4) is 0 Å². The molecule has 8 heteroatoms. The van der Waals surface area contributed by atoms with Gasteiger partial charge in [0.05, 0.1) is 36.3 Å². The first-order valence-corrected chi connectivity index (χ1v) is 8.84. The minimum Gasteiger partial charge on any atom is -0.493 e. The summed E-state index contributed by atoms with van der Waals surface area (Å²) in [5.74, 6) is 1.32. The van der Waals surface area contributed by atoms with Crippen LogP contribution < -0.4 is 20.7 Å². The van der Waals surface area contributed by atoms with E-state index in [9.17, 15) is 9.59 Å². The van der Waals surface area contributed by atoms with Gasteiger partial charge in [-0.1, -0.05) is 6.07 Å². The quantitative estimate of drug-likeness (QED) is 0.552. The molecule has 0 aliphatic heterocycles. The molecule has 144 valence electrons. The third-order valence-corrected chi connectivity index (χ3v) is 4.83. The standard InChI is InChI=1S/C20H20N4O4/c1-11-19(25)22-13-9-15-16(10-14(13)21-11)24(20(26)23-15)7-6-12-4-5-17(27-2)18(8-12)28-3/h4-5,8-10H,6-7H2,1-3H3,(H,22,25)(H,23,26). The van der Waals surface area contributed by atoms with E-state index in [1.54, 1.807) is 31.8 Å². The summed E-state index contributed by atoms with van der Waals surface area (Å²) in [6.45, 7) is 2.14. The highest BCUT2D eigenvalue weighted by Gasteiger charge is 2.11. The van der Waals surface area contributed by atoms with Crippen LogP contribution in [-0.2, 0) is 13.0 Å². The number of imidazole rings is 1. The average molecular weight is 380 g/mol. The zero-order chi connectivity index (χ0) is 19.8. The monoisotopic (exact) mass is 380 g/mol. The number of rotatable bonds is 5. The lowest BCUT2D eigenvalue weighted by Gasteiger charge is -2.10. The Balaban J connectivity index is 1.71. The fourth-order valence-corrected chi connectivity index (χ4v) is 3.33. The number of nitrogens with zero attached hydrogens (tertiary/aromatic N) is 2. The van der Waals surface area contributed by atoms with Crippen molar-refractivity contribution in [3.05, 3.63) is 62.4 Å². The van der Waals surface area contributed by atoms with Gasteiger partial charge in [0.25, 0.3) is 5.56 Å². The van der Waals surface area contributed by atoms with Gasteiger partial charge in [0, 0.05) is 6.54 Å². The molecular formula is C20H20N4O4. The van der Waals surface area contributed by atoms with Crippen molar-refractivity contribution in [2.45, 2.75) is 19.9 Å². The molecular weight excluding hydrogens is 360 g/mol. The van der Waals surface area contributed by atoms with Crippen molar-refractivity contribution < 1.29 is 9.47 Å². The molecule has 0 aliphatic carbocycles. The number of H-pyrrole nitrogens is 2. The molecule has 0 unspecified atom stereocenters. The summed E-state index contributed by atoms with van der Waals surface area (Å²) in [7, 11) is 3.19. The number of nitrogens with one attached hydrogen (secondary N) is 2. The molecule has 0 aliphatic rings. The molecule has 0 saturated carbocycles. The number of hydrogen-bond acceptors (Lipinski definition) is 5. The van der Waals surface area contributed by atoms with Crippen LogP contribution in [0.1, 0.15) is 11.3 Å². The molecule has 2 aromatic carbocycles. The van der Waals surface area contributed by atoms with Gasteiger partial charge in [-0.3, -0.25) is 9.36 Å². The van der Waals surface area contributed by atoms with E-state index < -0.39 is 0 Å². The number of hydrogen-bond donors (Lipinski definition) is 2. The van der Waals surface area contributed by atoms with Gasteiger partial charge in [-0.25, -0.2) is 9.78 Å². The molecule has 0 saturated heterocycles. The predicted octanol–water partition coefficient (Wildman–Crippen LogP) is 2.13. The Bertz CT molecular complexity index is 1300. The molecule has 4 rings (SSSR count). The van der Waals surface area contributed by atoms with Crippen LogP contribution in [-0.4, -0.2) is 33.7 Å². The molecule has 0 radical (unpaired) electrons. The summed E-state index contributed by atoms with van der Waals surface area (Å²) < 4.78 is 12.3. The van der Waals surface area contributed by atoms with Crippen LogP contribution in [0, 0.1) is 6.92 Å². The minimum absolute atomic E-state index is 0.204. The van der Waals surface area contributed by atoms with E-state index in [1.165, 1.54) is 0 Å². The SMILES string of the molecule is COc1ccc(CCn2c(=O)[nH]c3cc4[nH]c(=O)c(C)nc4cc32)cc1OC. The van der Waals surface area contributed by atoms with Gasteiger partial charge in [0.15, 0.2) is 11.5 Å². The molecule has 0 spiro atoms. The van der Waals surface area contributed by atoms with Crippen molar-refractivity contribution in [1.82, 2.24) is 19.5 Å². The maximum Gasteiger partial charge on any atom is 0.326 e. The van der Waals surface area contributed by atoms with Gasteiger partial charge < -0.3 is 19.4 Å². The Labute approximate surface area is 159 Å². The third-order valence-electron chi connectivity index (χ3n) is 4.83. The lowest BCUT2D eigenvalue weighted by Crippen LogP contribution is -2.18. The second kappa shape index (κ2) is 6.88. The molecule has 2 heterocycles. The van der Waals surface area contributed by atoms with Crippen molar-refractivity contribution in [3.63, 3.8) is 0 Å². The lowest BCUT2D eigenvalue weighted by molar-refractivity contribution is 0.354. The van der Waals surface area contributed by atoms with E-state index in [4.69, 9.17) is 9.47 Å². The zero-order valence-corrected chi connectivity index (χ0v) is 15.8. The van der Waals surface area contributed by atoms with Crippen LogP contribution >= 0.6 is 0 Å². The van der Waals surface area contributed by atoms with Gasteiger partial charge in [0.1, 0.15) is 5.69 Å². The summed E-state index contributed by atoms with van der Waals surface area (Å²) in [5.41, 5.74) is 3.62. The second-order valence-electron chi connectivity index (χ2n) is 6.56. The first-order chi connectivity index (χ1) is 13.5. The summed E-state index contributed by atoms with van der Waals surface area (Å²) in [6, 6.07) is 9.27. The highest BCUT2D eigenvalue weighted by atomic mass is 16.5. The van der Waals surface area contributed by atoms with Crippen LogP contribution in [0.2, 0.25) is 0 Å². The maximum absolute atomic E-state index is 12.5. The highest BCUT2D eigenvalue weighted by Crippen LogP contribution is 2.28. The van der Waals surface area contributed by atoms with Crippen molar-refractivity contribution in [1.29, 1.82) is 0 Å². The summed E-state index contributed by atoms with van der Waals surface area (Å²) in [5, 5.41) is 0. The van der Waals surface area contributed by atoms with E-state index >= 15 is 0 Å². The first-order valence-electron chi connectivity index (χ1n) is 8.84. The van der Waals surface area contributed by atoms with Gasteiger partial charge in [-0.15, -0.1) is 0 Å². The number of benzene rings is 2. The minimum atomic E-state index is -0.234. The average Bonchev–Trinajstić information content (AvgIpc) is 2.99. The van der Waals surface area contributed by atoms with Crippen molar-refractivity contribution in [3.8, 4) is 11.5 Å². The van der Waals surface area contributed by atoms with Gasteiger partial charge >= 0.3 is 5.69 Å². The smallest absolute Gasteiger partial charge is 0.326 e. The molecule has 0 fully saturated rings. The molecule has 4 aromatic rings. The molecule has 2 aromatic heterocycles. The van der Waals surface area contributed by atoms with E-state index in [0.29, 0.717) is 46.7 Å². The van der Waals surface area contributed by atoms with Crippen LogP contribution in [0.25, 0.3) is 22.1 Å². The number of aromatic amines is 2. The Hall–Kier alpha value is -3.55. The molecule has 0 amide bonds. The summed E-state index contributed by atoms with van der Waals surface area (Å²) in [4.78, 5) is 34.2. The Morgan fingerprint density at radius 3 is 2.54 bits per heavy atom. The number of ether oxygens (including phenoxy) is 2. The fraction of sp³-hybridized carbons (Fsp3) is 0.250. The molecule has 28 heavy (non-hydrogen) atoms. The fourth-order valence-electron chi connectivity index (χ4n) is 3.33. The van der Waals surface area contributed by atoms with E-state index in [2.05, 4.69) is 15.0 Å². The van der Waals surface area contributed by atoms with Crippen LogP contribution in [0.5, 0.6) is 11.5 Å². The topological polar surface area (TPSA) is 102 Å². The van der Waals surface area contributed by atoms with Crippen molar-refractivity contribution in [2.75, 3.05) is 14.2 Å². The number of aryl methyl sites for hydroxylation is 3. The number of aromatic nitrogens is 4. The number of fused-ring (bicyclic) bond motifs is 2. The highest BCUT2D eigenvalue weighted by molar-refractivity contribution is 5.91. The lowest BCUT2D eigenvalue weighted by atomic mass is 10.1. The largest absolute Gasteiger partial charge is 0.493 e. The molecule has 2 N–H and O–H groups in total. The predicted molar refractivity (Wildman–Crippen MR) is 106 cm³/mol. The second-order valence-corrected chi connectivity index (χ2v) is 6.56. The van der Waals surface area contributed by atoms with E-state index in [-0.39, 0.29) is 11.2 Å². The Morgan fingerprint density at radius 2 is 1.79 bits per heavy atom. The van der Waals surface area contributed by atoms with E-state index in [0.717, 1.165) is 11.1 Å². The van der Waals surface area contributed by atoms with Crippen LogP contribution in [0.4, 0.5) is 0 Å². The molecule has 0 bridgehead atoms. The Morgan fingerprint density at radius 1 is 1.00 bits per heavy atom. The normalized spacial score (nSPS) is 11.2. The molecule has 8 nitrogen and oxygen atoms in total. The van der Waals surface area contributed by atoms with Crippen molar-refractivity contribution >= 4 is 22.1 Å². The molecule has 0 atom stereocenters. The zero-order valence-electron chi connectivity index (χ0n) is 15.8. The first kappa shape index (κ1) is 17.8. The van der Waals surface area contributed by atoms with Gasteiger partial charge in [-0.05, 0) is 43.2 Å². The number of methoxy groups -OCH3 is 2. The van der Waals surface area contributed by atoms with Gasteiger partial charge in [-0.2, -0.15) is 0 Å². The van der Waals surface area contributed by atoms with Crippen LogP contribution in [0.15, 0.2) is 39.9 Å². The third kappa shape index (κ3) is 3.02. The maximum atomic E-state index is 12.5. The summed E-state index contributed by atoms with van der Waals surface area (Å²) >= 11 is 0.